The zero-order valence-corrected chi connectivity index (χ0v) is 6.52. The third-order valence-corrected chi connectivity index (χ3v) is 1.12. The second-order valence-corrected chi connectivity index (χ2v) is 3.55. The fourth-order valence-corrected chi connectivity index (χ4v) is 0.465. The van der Waals surface area contributed by atoms with Gasteiger partial charge in [0, 0.05) is 0 Å². The lowest BCUT2D eigenvalue weighted by Crippen LogP contribution is -2.21. The van der Waals surface area contributed by atoms with Gasteiger partial charge in [0.25, 0.3) is 0 Å². The van der Waals surface area contributed by atoms with Crippen LogP contribution in [0.5, 0.6) is 0 Å². The van der Waals surface area contributed by atoms with Gasteiger partial charge in [0.15, 0.2) is 16.0 Å². The zero-order valence-electron chi connectivity index (χ0n) is 6.52. The SMILES string of the molecule is [B]N([B])CCC(C)(C)C. The third kappa shape index (κ3) is 8.09. The highest BCUT2D eigenvalue weighted by Gasteiger charge is 2.08. The van der Waals surface area contributed by atoms with Gasteiger partial charge < -0.3 is 4.72 Å². The molecule has 0 spiro atoms. The van der Waals surface area contributed by atoms with E-state index in [0.717, 1.165) is 13.0 Å². The predicted octanol–water partition coefficient (Wildman–Crippen LogP) is 0.892. The van der Waals surface area contributed by atoms with Crippen LogP contribution in [0.1, 0.15) is 27.2 Å². The molecule has 0 aliphatic rings. The molecule has 0 amide bonds. The summed E-state index contributed by atoms with van der Waals surface area (Å²) in [5, 5.41) is 0. The van der Waals surface area contributed by atoms with Gasteiger partial charge in [0.05, 0.1) is 0 Å². The fraction of sp³-hybridized carbons (Fsp3) is 1.00. The summed E-state index contributed by atoms with van der Waals surface area (Å²) in [5.74, 6) is 0. The van der Waals surface area contributed by atoms with Crippen molar-refractivity contribution < 1.29 is 0 Å². The van der Waals surface area contributed by atoms with Crippen LogP contribution in [0.2, 0.25) is 0 Å². The number of hydrogen-bond donors (Lipinski definition) is 0. The molecule has 0 aromatic rings. The van der Waals surface area contributed by atoms with Gasteiger partial charge in [0.2, 0.25) is 0 Å². The molecule has 0 saturated carbocycles. The van der Waals surface area contributed by atoms with Gasteiger partial charge in [0.1, 0.15) is 0 Å². The van der Waals surface area contributed by atoms with Crippen LogP contribution < -0.4 is 0 Å². The highest BCUT2D eigenvalue weighted by atomic mass is 14.9. The van der Waals surface area contributed by atoms with Gasteiger partial charge >= 0.3 is 0 Å². The molecule has 4 radical (unpaired) electrons. The monoisotopic (exact) mass is 121 g/mol. The Labute approximate surface area is 60.7 Å². The van der Waals surface area contributed by atoms with Gasteiger partial charge in [-0.25, -0.2) is 0 Å². The predicted molar refractivity (Wildman–Crippen MR) is 42.3 cm³/mol. The minimum atomic E-state index is 0.330. The lowest BCUT2D eigenvalue weighted by molar-refractivity contribution is 0.359. The molecule has 0 heterocycles. The Morgan fingerprint density at radius 3 is 1.78 bits per heavy atom. The second-order valence-electron chi connectivity index (χ2n) is 3.55. The summed E-state index contributed by atoms with van der Waals surface area (Å²) in [5.41, 5.74) is 0.330. The standard InChI is InChI=1S/C6H13B2N/c1-6(2,3)4-5-9(7)8/h4-5H2,1-3H3. The van der Waals surface area contributed by atoms with E-state index >= 15 is 0 Å². The molecule has 48 valence electrons. The van der Waals surface area contributed by atoms with E-state index in [1.54, 1.807) is 0 Å². The fourth-order valence-electron chi connectivity index (χ4n) is 0.465. The Hall–Kier alpha value is 0.0899. The van der Waals surface area contributed by atoms with Gasteiger partial charge in [-0.05, 0) is 18.4 Å². The third-order valence-electron chi connectivity index (χ3n) is 1.12. The molecule has 3 heteroatoms. The molecule has 0 bridgehead atoms. The molecule has 0 N–H and O–H groups in total. The summed E-state index contributed by atoms with van der Waals surface area (Å²) in [6.45, 7) is 7.24. The second kappa shape index (κ2) is 3.31. The van der Waals surface area contributed by atoms with Gasteiger partial charge in [-0.1, -0.05) is 20.8 Å². The van der Waals surface area contributed by atoms with Gasteiger partial charge in [-0.3, -0.25) is 0 Å². The maximum atomic E-state index is 5.21. The van der Waals surface area contributed by atoms with E-state index in [9.17, 15) is 0 Å². The van der Waals surface area contributed by atoms with E-state index in [0.29, 0.717) is 5.41 Å². The normalized spacial score (nSPS) is 12.4. The molecule has 1 nitrogen and oxygen atoms in total. The maximum absolute atomic E-state index is 5.21. The van der Waals surface area contributed by atoms with E-state index in [4.69, 9.17) is 16.0 Å². The van der Waals surface area contributed by atoms with Gasteiger partial charge in [-0.15, -0.1) is 0 Å². The Morgan fingerprint density at radius 1 is 1.22 bits per heavy atom. The molecule has 0 unspecified atom stereocenters. The lowest BCUT2D eigenvalue weighted by atomic mass is 9.91. The summed E-state index contributed by atoms with van der Waals surface area (Å²) in [6.07, 6.45) is 1.03. The highest BCUT2D eigenvalue weighted by Crippen LogP contribution is 2.17. The number of hydrogen-bond acceptors (Lipinski definition) is 1. The number of nitrogens with zero attached hydrogens (tertiary/aromatic N) is 1. The van der Waals surface area contributed by atoms with Crippen molar-refractivity contribution in [1.29, 1.82) is 0 Å². The van der Waals surface area contributed by atoms with Gasteiger partial charge in [-0.2, -0.15) is 0 Å². The van der Waals surface area contributed by atoms with Crippen LogP contribution in [0.15, 0.2) is 0 Å². The van der Waals surface area contributed by atoms with Crippen molar-refractivity contribution in [2.75, 3.05) is 6.54 Å². The van der Waals surface area contributed by atoms with Crippen LogP contribution in [0, 0.1) is 5.41 Å². The molecule has 0 saturated heterocycles. The quantitative estimate of drug-likeness (QED) is 0.490. The molecule has 0 fully saturated rings. The maximum Gasteiger partial charge on any atom is 0.166 e. The topological polar surface area (TPSA) is 3.24 Å². The first-order valence-corrected chi connectivity index (χ1v) is 3.19. The average Bonchev–Trinajstić information content (AvgIpc) is 1.59. The Kier molecular flexibility index (Phi) is 3.34. The largest absolute Gasteiger partial charge is 0.404 e. The molecule has 0 aromatic heterocycles. The summed E-state index contributed by atoms with van der Waals surface area (Å²) in [7, 11) is 10.4. The molecular weight excluding hydrogens is 108 g/mol. The van der Waals surface area contributed by atoms with E-state index in [-0.39, 0.29) is 0 Å². The Morgan fingerprint density at radius 2 is 1.67 bits per heavy atom. The van der Waals surface area contributed by atoms with Crippen LogP contribution in [-0.2, 0) is 0 Å². The summed E-state index contributed by atoms with van der Waals surface area (Å²) in [4.78, 5) is 0. The number of rotatable bonds is 2. The van der Waals surface area contributed by atoms with E-state index in [2.05, 4.69) is 20.8 Å². The Balaban J connectivity index is 3.28. The van der Waals surface area contributed by atoms with Crippen molar-refractivity contribution in [2.45, 2.75) is 27.2 Å². The van der Waals surface area contributed by atoms with Crippen LogP contribution in [0.25, 0.3) is 0 Å². The van der Waals surface area contributed by atoms with Crippen molar-refractivity contribution >= 4 is 16.0 Å². The van der Waals surface area contributed by atoms with E-state index in [1.165, 1.54) is 4.72 Å². The van der Waals surface area contributed by atoms with E-state index < -0.39 is 0 Å². The van der Waals surface area contributed by atoms with Crippen molar-refractivity contribution in [1.82, 2.24) is 4.72 Å². The minimum absolute atomic E-state index is 0.330. The molecule has 0 atom stereocenters. The first-order valence-electron chi connectivity index (χ1n) is 3.19. The average molecular weight is 121 g/mol. The molecule has 0 aliphatic heterocycles. The van der Waals surface area contributed by atoms with Crippen molar-refractivity contribution in [3.8, 4) is 0 Å². The van der Waals surface area contributed by atoms with Crippen molar-refractivity contribution in [3.63, 3.8) is 0 Å². The van der Waals surface area contributed by atoms with Crippen LogP contribution in [-0.4, -0.2) is 27.2 Å². The molecule has 0 aliphatic carbocycles. The zero-order chi connectivity index (χ0) is 7.49. The highest BCUT2D eigenvalue weighted by molar-refractivity contribution is 6.24. The first-order chi connectivity index (χ1) is 3.92. The van der Waals surface area contributed by atoms with Crippen molar-refractivity contribution in [3.05, 3.63) is 0 Å². The minimum Gasteiger partial charge on any atom is -0.404 e. The molecular formula is C6H13B2N. The molecule has 0 rings (SSSR count). The summed E-state index contributed by atoms with van der Waals surface area (Å²) < 4.78 is 1.23. The van der Waals surface area contributed by atoms with Crippen molar-refractivity contribution in [2.24, 2.45) is 5.41 Å². The van der Waals surface area contributed by atoms with Crippen LogP contribution in [0.3, 0.4) is 0 Å². The Bertz CT molecular complexity index is 75.6. The first kappa shape index (κ1) is 9.09. The molecule has 9 heavy (non-hydrogen) atoms. The van der Waals surface area contributed by atoms with Crippen LogP contribution in [0.4, 0.5) is 0 Å². The van der Waals surface area contributed by atoms with Crippen LogP contribution >= 0.6 is 0 Å². The smallest absolute Gasteiger partial charge is 0.166 e. The molecule has 0 aromatic carbocycles. The summed E-state index contributed by atoms with van der Waals surface area (Å²) in [6, 6.07) is 0. The van der Waals surface area contributed by atoms with E-state index in [1.807, 2.05) is 0 Å². The summed E-state index contributed by atoms with van der Waals surface area (Å²) >= 11 is 0. The lowest BCUT2D eigenvalue weighted by Gasteiger charge is -2.21.